The van der Waals surface area contributed by atoms with E-state index in [2.05, 4.69) is 4.74 Å². The van der Waals surface area contributed by atoms with Gasteiger partial charge in [0.2, 0.25) is 0 Å². The van der Waals surface area contributed by atoms with E-state index < -0.39 is 24.3 Å². The molecular weight excluding hydrogens is 216 g/mol. The van der Waals surface area contributed by atoms with Gasteiger partial charge in [0.15, 0.2) is 24.5 Å². The molecule has 0 spiro atoms. The van der Waals surface area contributed by atoms with Gasteiger partial charge in [0.25, 0.3) is 0 Å². The van der Waals surface area contributed by atoms with Crippen LogP contribution in [0.2, 0.25) is 0 Å². The average Bonchev–Trinajstić information content (AvgIpc) is 2.14. The Hall–Kier alpha value is -1.59. The molecule has 0 saturated heterocycles. The highest BCUT2D eigenvalue weighted by Crippen LogP contribution is 2.24. The van der Waals surface area contributed by atoms with Gasteiger partial charge in [0, 0.05) is 0 Å². The highest BCUT2D eigenvalue weighted by atomic mass is 19.4. The number of aldehydes is 1. The number of hydrogen-bond donors (Lipinski definition) is 0. The Kier molecular flexibility index (Phi) is 3.28. The third-order valence-electron chi connectivity index (χ3n) is 1.50. The summed E-state index contributed by atoms with van der Waals surface area (Å²) >= 11 is 0. The van der Waals surface area contributed by atoms with Crippen LogP contribution in [0.4, 0.5) is 17.6 Å². The van der Waals surface area contributed by atoms with E-state index in [4.69, 9.17) is 0 Å². The molecule has 0 amide bonds. The summed E-state index contributed by atoms with van der Waals surface area (Å²) in [5.41, 5.74) is -0.251. The van der Waals surface area contributed by atoms with Gasteiger partial charge in [0.05, 0.1) is 5.56 Å². The maximum absolute atomic E-state index is 13.0. The van der Waals surface area contributed by atoms with Crippen molar-refractivity contribution < 1.29 is 27.1 Å². The zero-order valence-electron chi connectivity index (χ0n) is 7.34. The van der Waals surface area contributed by atoms with Crippen LogP contribution >= 0.6 is 0 Å². The van der Waals surface area contributed by atoms with Gasteiger partial charge in [-0.3, -0.25) is 4.79 Å². The van der Waals surface area contributed by atoms with Crippen molar-refractivity contribution in [1.82, 2.24) is 0 Å². The molecule has 0 saturated carbocycles. The largest absolute Gasteiger partial charge is 0.480 e. The zero-order valence-corrected chi connectivity index (χ0v) is 7.34. The van der Waals surface area contributed by atoms with Crippen molar-refractivity contribution in [2.75, 3.05) is 6.61 Å². The minimum Gasteiger partial charge on any atom is -0.480 e. The summed E-state index contributed by atoms with van der Waals surface area (Å²) in [4.78, 5) is 10.4. The van der Waals surface area contributed by atoms with Crippen molar-refractivity contribution in [1.29, 1.82) is 0 Å². The second-order valence-electron chi connectivity index (χ2n) is 2.68. The smallest absolute Gasteiger partial charge is 0.422 e. The molecule has 1 aromatic rings. The Morgan fingerprint density at radius 1 is 1.33 bits per heavy atom. The molecular formula is C9H6F4O2. The van der Waals surface area contributed by atoms with Crippen LogP contribution < -0.4 is 4.74 Å². The molecule has 1 rings (SSSR count). The molecule has 0 aromatic heterocycles. The number of para-hydroxylation sites is 1. The number of carbonyl (C=O) groups is 1. The summed E-state index contributed by atoms with van der Waals surface area (Å²) < 4.78 is 52.5. The van der Waals surface area contributed by atoms with Crippen molar-refractivity contribution in [2.24, 2.45) is 0 Å². The van der Waals surface area contributed by atoms with Gasteiger partial charge in [-0.25, -0.2) is 4.39 Å². The summed E-state index contributed by atoms with van der Waals surface area (Å²) in [7, 11) is 0. The van der Waals surface area contributed by atoms with Crippen molar-refractivity contribution in [3.05, 3.63) is 29.6 Å². The van der Waals surface area contributed by atoms with Gasteiger partial charge in [-0.15, -0.1) is 0 Å². The first-order valence-electron chi connectivity index (χ1n) is 3.87. The number of ether oxygens (including phenoxy) is 1. The highest BCUT2D eigenvalue weighted by molar-refractivity contribution is 5.79. The SMILES string of the molecule is O=Cc1cccc(F)c1OCC(F)(F)F. The first kappa shape index (κ1) is 11.5. The van der Waals surface area contributed by atoms with Crippen LogP contribution in [0.15, 0.2) is 18.2 Å². The Labute approximate surface area is 82.5 Å². The molecule has 0 radical (unpaired) electrons. The molecule has 0 aliphatic carbocycles. The minimum atomic E-state index is -4.57. The normalized spacial score (nSPS) is 11.2. The second-order valence-corrected chi connectivity index (χ2v) is 2.68. The summed E-state index contributed by atoms with van der Waals surface area (Å²) in [5, 5.41) is 0. The third kappa shape index (κ3) is 3.23. The molecule has 0 atom stereocenters. The number of rotatable bonds is 3. The first-order chi connectivity index (χ1) is 6.94. The molecule has 1 aromatic carbocycles. The number of carbonyl (C=O) groups excluding carboxylic acids is 1. The molecule has 0 aliphatic rings. The molecule has 0 N–H and O–H groups in total. The van der Waals surface area contributed by atoms with Gasteiger partial charge in [-0.2, -0.15) is 13.2 Å². The van der Waals surface area contributed by atoms with Gasteiger partial charge in [-0.1, -0.05) is 6.07 Å². The summed E-state index contributed by atoms with van der Waals surface area (Å²) in [5.74, 6) is -1.67. The van der Waals surface area contributed by atoms with Crippen LogP contribution in [-0.2, 0) is 0 Å². The lowest BCUT2D eigenvalue weighted by atomic mass is 10.2. The van der Waals surface area contributed by atoms with E-state index in [-0.39, 0.29) is 11.8 Å². The maximum Gasteiger partial charge on any atom is 0.422 e. The third-order valence-corrected chi connectivity index (χ3v) is 1.50. The molecule has 0 aliphatic heterocycles. The van der Waals surface area contributed by atoms with E-state index >= 15 is 0 Å². The number of alkyl halides is 3. The van der Waals surface area contributed by atoms with E-state index in [0.717, 1.165) is 6.07 Å². The van der Waals surface area contributed by atoms with Crippen LogP contribution in [0.5, 0.6) is 5.75 Å². The van der Waals surface area contributed by atoms with Crippen LogP contribution in [-0.4, -0.2) is 19.1 Å². The summed E-state index contributed by atoms with van der Waals surface area (Å²) in [6.45, 7) is -1.63. The lowest BCUT2D eigenvalue weighted by Gasteiger charge is -2.11. The Bertz CT molecular complexity index is 360. The molecule has 0 unspecified atom stereocenters. The van der Waals surface area contributed by atoms with Gasteiger partial charge < -0.3 is 4.74 Å². The summed E-state index contributed by atoms with van der Waals surface area (Å²) in [6.07, 6.45) is -4.34. The van der Waals surface area contributed by atoms with Crippen LogP contribution in [0.3, 0.4) is 0 Å². The number of benzene rings is 1. The van der Waals surface area contributed by atoms with Crippen molar-refractivity contribution in [3.8, 4) is 5.75 Å². The van der Waals surface area contributed by atoms with E-state index in [0.29, 0.717) is 0 Å². The highest BCUT2D eigenvalue weighted by Gasteiger charge is 2.29. The Balaban J connectivity index is 2.88. The molecule has 0 heterocycles. The molecule has 15 heavy (non-hydrogen) atoms. The predicted octanol–water partition coefficient (Wildman–Crippen LogP) is 2.58. The van der Waals surface area contributed by atoms with E-state index in [9.17, 15) is 22.4 Å². The van der Waals surface area contributed by atoms with Crippen LogP contribution in [0.25, 0.3) is 0 Å². The lowest BCUT2D eigenvalue weighted by Crippen LogP contribution is -2.20. The second kappa shape index (κ2) is 4.29. The summed E-state index contributed by atoms with van der Waals surface area (Å²) in [6, 6.07) is 3.29. The molecule has 82 valence electrons. The number of hydrogen-bond acceptors (Lipinski definition) is 2. The zero-order chi connectivity index (χ0) is 11.5. The van der Waals surface area contributed by atoms with Crippen LogP contribution in [0.1, 0.15) is 10.4 Å². The van der Waals surface area contributed by atoms with Gasteiger partial charge in [0.1, 0.15) is 0 Å². The fourth-order valence-corrected chi connectivity index (χ4v) is 0.925. The quantitative estimate of drug-likeness (QED) is 0.580. The topological polar surface area (TPSA) is 26.3 Å². The number of halogens is 4. The molecule has 0 bridgehead atoms. The minimum absolute atomic E-state index is 0.231. The van der Waals surface area contributed by atoms with Gasteiger partial charge >= 0.3 is 6.18 Å². The fraction of sp³-hybridized carbons (Fsp3) is 0.222. The monoisotopic (exact) mass is 222 g/mol. The average molecular weight is 222 g/mol. The Morgan fingerprint density at radius 2 is 2.00 bits per heavy atom. The van der Waals surface area contributed by atoms with E-state index in [1.54, 1.807) is 0 Å². The molecule has 6 heteroatoms. The van der Waals surface area contributed by atoms with Crippen LogP contribution in [0, 0.1) is 5.82 Å². The van der Waals surface area contributed by atoms with E-state index in [1.807, 2.05) is 0 Å². The molecule has 2 nitrogen and oxygen atoms in total. The van der Waals surface area contributed by atoms with Crippen molar-refractivity contribution in [3.63, 3.8) is 0 Å². The Morgan fingerprint density at radius 3 is 2.53 bits per heavy atom. The molecule has 0 fully saturated rings. The maximum atomic E-state index is 13.0. The van der Waals surface area contributed by atoms with Gasteiger partial charge in [-0.05, 0) is 12.1 Å². The first-order valence-corrected chi connectivity index (χ1v) is 3.87. The predicted molar refractivity (Wildman–Crippen MR) is 43.3 cm³/mol. The fourth-order valence-electron chi connectivity index (χ4n) is 0.925. The van der Waals surface area contributed by atoms with Crippen molar-refractivity contribution in [2.45, 2.75) is 6.18 Å². The van der Waals surface area contributed by atoms with Crippen molar-refractivity contribution >= 4 is 6.29 Å². The van der Waals surface area contributed by atoms with E-state index in [1.165, 1.54) is 12.1 Å². The standard InChI is InChI=1S/C9H6F4O2/c10-7-3-1-2-6(4-14)8(7)15-5-9(11,12)13/h1-4H,5H2. The lowest BCUT2D eigenvalue weighted by molar-refractivity contribution is -0.153.